The first kappa shape index (κ1) is 13.8. The second-order valence-corrected chi connectivity index (χ2v) is 4.89. The van der Waals surface area contributed by atoms with Crippen molar-refractivity contribution in [3.05, 3.63) is 48.5 Å². The number of nitrogens with zero attached hydrogens (tertiary/aromatic N) is 2. The summed E-state index contributed by atoms with van der Waals surface area (Å²) >= 11 is 0. The second kappa shape index (κ2) is 5.69. The van der Waals surface area contributed by atoms with Crippen LogP contribution < -0.4 is 11.1 Å². The normalized spacial score (nSPS) is 10.4. The first-order valence-electron chi connectivity index (χ1n) is 6.78. The van der Waals surface area contributed by atoms with E-state index in [1.165, 1.54) is 6.92 Å². The summed E-state index contributed by atoms with van der Waals surface area (Å²) in [6.07, 6.45) is 0. The van der Waals surface area contributed by atoms with E-state index in [4.69, 9.17) is 5.73 Å². The lowest BCUT2D eigenvalue weighted by atomic mass is 10.2. The summed E-state index contributed by atoms with van der Waals surface area (Å²) in [7, 11) is 0. The summed E-state index contributed by atoms with van der Waals surface area (Å²) in [5, 5.41) is 9.85. The minimum Gasteiger partial charge on any atom is -0.399 e. The van der Waals surface area contributed by atoms with Crippen LogP contribution in [0.5, 0.6) is 0 Å². The number of nitrogens with one attached hydrogen (secondary N) is 2. The van der Waals surface area contributed by atoms with Gasteiger partial charge in [0, 0.05) is 29.4 Å². The van der Waals surface area contributed by atoms with E-state index in [1.807, 2.05) is 48.5 Å². The molecule has 0 bridgehead atoms. The van der Waals surface area contributed by atoms with Gasteiger partial charge in [-0.25, -0.2) is 4.98 Å². The highest BCUT2D eigenvalue weighted by Crippen LogP contribution is 2.22. The van der Waals surface area contributed by atoms with E-state index >= 15 is 0 Å². The van der Waals surface area contributed by atoms with Crippen molar-refractivity contribution in [2.45, 2.75) is 6.92 Å². The molecule has 0 spiro atoms. The van der Waals surface area contributed by atoms with Crippen molar-refractivity contribution in [1.82, 2.24) is 15.2 Å². The molecule has 0 aliphatic heterocycles. The Balaban J connectivity index is 1.86. The number of nitrogen functional groups attached to an aromatic ring is 1. The third kappa shape index (κ3) is 2.95. The fourth-order valence-electron chi connectivity index (χ4n) is 2.11. The Morgan fingerprint density at radius 1 is 1.14 bits per heavy atom. The van der Waals surface area contributed by atoms with E-state index in [2.05, 4.69) is 20.5 Å². The van der Waals surface area contributed by atoms with Crippen molar-refractivity contribution < 1.29 is 4.79 Å². The van der Waals surface area contributed by atoms with Gasteiger partial charge in [0.25, 0.3) is 0 Å². The first-order chi connectivity index (χ1) is 10.6. The number of hydrogen-bond acceptors (Lipinski definition) is 4. The third-order valence-corrected chi connectivity index (χ3v) is 3.11. The topological polar surface area (TPSA) is 96.7 Å². The highest BCUT2D eigenvalue weighted by molar-refractivity contribution is 5.88. The molecule has 0 unspecified atom stereocenters. The van der Waals surface area contributed by atoms with Gasteiger partial charge >= 0.3 is 0 Å². The van der Waals surface area contributed by atoms with Crippen molar-refractivity contribution in [2.24, 2.45) is 0 Å². The summed E-state index contributed by atoms with van der Waals surface area (Å²) < 4.78 is 0. The monoisotopic (exact) mass is 293 g/mol. The zero-order valence-corrected chi connectivity index (χ0v) is 12.0. The van der Waals surface area contributed by atoms with Gasteiger partial charge in [-0.05, 0) is 36.4 Å². The van der Waals surface area contributed by atoms with Crippen LogP contribution in [-0.4, -0.2) is 21.1 Å². The smallest absolute Gasteiger partial charge is 0.221 e. The molecule has 2 aromatic carbocycles. The lowest BCUT2D eigenvalue weighted by Crippen LogP contribution is -2.05. The Bertz CT molecular complexity index is 807. The van der Waals surface area contributed by atoms with Crippen LogP contribution in [0.1, 0.15) is 6.92 Å². The molecular formula is C16H15N5O. The number of amides is 1. The zero-order valence-electron chi connectivity index (χ0n) is 12.0. The first-order valence-corrected chi connectivity index (χ1v) is 6.78. The molecule has 1 heterocycles. The van der Waals surface area contributed by atoms with Gasteiger partial charge in [-0.1, -0.05) is 12.1 Å². The molecule has 0 aliphatic rings. The Hall–Kier alpha value is -3.15. The Morgan fingerprint density at radius 2 is 1.91 bits per heavy atom. The maximum Gasteiger partial charge on any atom is 0.221 e. The highest BCUT2D eigenvalue weighted by Gasteiger charge is 2.08. The number of anilines is 2. The summed E-state index contributed by atoms with van der Waals surface area (Å²) in [6.45, 7) is 1.47. The maximum atomic E-state index is 11.0. The van der Waals surface area contributed by atoms with Crippen LogP contribution in [0.15, 0.2) is 48.5 Å². The molecule has 4 N–H and O–H groups in total. The van der Waals surface area contributed by atoms with Crippen molar-refractivity contribution >= 4 is 17.3 Å². The molecule has 22 heavy (non-hydrogen) atoms. The average Bonchev–Trinajstić information content (AvgIpc) is 2.97. The molecule has 1 aromatic heterocycles. The fraction of sp³-hybridized carbons (Fsp3) is 0.0625. The third-order valence-electron chi connectivity index (χ3n) is 3.11. The number of nitrogens with two attached hydrogens (primary N) is 1. The molecule has 0 radical (unpaired) electrons. The predicted octanol–water partition coefficient (Wildman–Crippen LogP) is 2.68. The fourth-order valence-corrected chi connectivity index (χ4v) is 2.11. The van der Waals surface area contributed by atoms with Crippen LogP contribution in [0, 0.1) is 0 Å². The van der Waals surface area contributed by atoms with E-state index in [1.54, 1.807) is 0 Å². The summed E-state index contributed by atoms with van der Waals surface area (Å²) in [5.74, 6) is 1.15. The zero-order chi connectivity index (χ0) is 15.5. The SMILES string of the molecule is CC(=O)Nc1ccc(-c2nc(-c3cccc(N)c3)n[nH]2)cc1. The van der Waals surface area contributed by atoms with Crippen molar-refractivity contribution in [3.8, 4) is 22.8 Å². The molecule has 0 fully saturated rings. The van der Waals surface area contributed by atoms with Gasteiger partial charge in [-0.3, -0.25) is 9.89 Å². The van der Waals surface area contributed by atoms with Crippen LogP contribution in [0.4, 0.5) is 11.4 Å². The molecular weight excluding hydrogens is 278 g/mol. The standard InChI is InChI=1S/C16H15N5O/c1-10(22)18-14-7-5-11(6-8-14)15-19-16(21-20-15)12-3-2-4-13(17)9-12/h2-9H,17H2,1H3,(H,18,22)(H,19,20,21). The number of aromatic nitrogens is 3. The number of carbonyl (C=O) groups is 1. The van der Waals surface area contributed by atoms with Crippen molar-refractivity contribution in [1.29, 1.82) is 0 Å². The Labute approximate surface area is 127 Å². The molecule has 0 aliphatic carbocycles. The van der Waals surface area contributed by atoms with Crippen LogP contribution in [0.25, 0.3) is 22.8 Å². The second-order valence-electron chi connectivity index (χ2n) is 4.89. The maximum absolute atomic E-state index is 11.0. The molecule has 1 amide bonds. The minimum atomic E-state index is -0.101. The summed E-state index contributed by atoms with van der Waals surface area (Å²) in [4.78, 5) is 15.5. The van der Waals surface area contributed by atoms with E-state index in [-0.39, 0.29) is 5.91 Å². The molecule has 3 aromatic rings. The molecule has 6 nitrogen and oxygen atoms in total. The molecule has 0 saturated carbocycles. The quantitative estimate of drug-likeness (QED) is 0.647. The van der Waals surface area contributed by atoms with Crippen LogP contribution >= 0.6 is 0 Å². The van der Waals surface area contributed by atoms with E-state index in [9.17, 15) is 4.79 Å². The van der Waals surface area contributed by atoms with Gasteiger partial charge in [0.2, 0.25) is 5.91 Å². The number of H-pyrrole nitrogens is 1. The molecule has 3 rings (SSSR count). The van der Waals surface area contributed by atoms with E-state index in [0.29, 0.717) is 17.3 Å². The number of aromatic amines is 1. The largest absolute Gasteiger partial charge is 0.399 e. The highest BCUT2D eigenvalue weighted by atomic mass is 16.1. The van der Waals surface area contributed by atoms with E-state index in [0.717, 1.165) is 16.8 Å². The van der Waals surface area contributed by atoms with Gasteiger partial charge in [0.05, 0.1) is 0 Å². The average molecular weight is 293 g/mol. The lowest BCUT2D eigenvalue weighted by Gasteiger charge is -2.02. The van der Waals surface area contributed by atoms with Gasteiger partial charge in [-0.2, -0.15) is 5.10 Å². The van der Waals surface area contributed by atoms with Crippen molar-refractivity contribution in [3.63, 3.8) is 0 Å². The minimum absolute atomic E-state index is 0.101. The summed E-state index contributed by atoms with van der Waals surface area (Å²) in [6, 6.07) is 14.8. The molecule has 110 valence electrons. The van der Waals surface area contributed by atoms with Gasteiger partial charge < -0.3 is 11.1 Å². The molecule has 0 atom stereocenters. The van der Waals surface area contributed by atoms with Crippen molar-refractivity contribution in [2.75, 3.05) is 11.1 Å². The van der Waals surface area contributed by atoms with Gasteiger partial charge in [0.15, 0.2) is 11.6 Å². The number of benzene rings is 2. The van der Waals surface area contributed by atoms with Gasteiger partial charge in [-0.15, -0.1) is 0 Å². The van der Waals surface area contributed by atoms with Gasteiger partial charge in [0.1, 0.15) is 0 Å². The predicted molar refractivity (Wildman–Crippen MR) is 86.0 cm³/mol. The molecule has 0 saturated heterocycles. The summed E-state index contributed by atoms with van der Waals surface area (Å²) in [5.41, 5.74) is 8.93. The number of carbonyl (C=O) groups excluding carboxylic acids is 1. The van der Waals surface area contributed by atoms with Crippen LogP contribution in [0.3, 0.4) is 0 Å². The number of hydrogen-bond donors (Lipinski definition) is 3. The van der Waals surface area contributed by atoms with Crippen LogP contribution in [0.2, 0.25) is 0 Å². The molecule has 6 heteroatoms. The van der Waals surface area contributed by atoms with E-state index < -0.39 is 0 Å². The Kier molecular flexibility index (Phi) is 3.57. The lowest BCUT2D eigenvalue weighted by molar-refractivity contribution is -0.114. The van der Waals surface area contributed by atoms with Crippen LogP contribution in [-0.2, 0) is 4.79 Å². The Morgan fingerprint density at radius 3 is 2.59 bits per heavy atom. The number of rotatable bonds is 3.